The van der Waals surface area contributed by atoms with Crippen LogP contribution in [0.5, 0.6) is 17.2 Å². The smallest absolute Gasteiger partial charge is 0.274 e. The van der Waals surface area contributed by atoms with E-state index in [-0.39, 0.29) is 11.9 Å². The molecule has 6 nitrogen and oxygen atoms in total. The van der Waals surface area contributed by atoms with Crippen molar-refractivity contribution in [2.75, 3.05) is 21.3 Å². The van der Waals surface area contributed by atoms with Crippen LogP contribution in [0, 0.1) is 0 Å². The Bertz CT molecular complexity index is 1070. The molecule has 1 unspecified atom stereocenters. The minimum Gasteiger partial charge on any atom is -0.493 e. The van der Waals surface area contributed by atoms with Crippen LogP contribution in [0.2, 0.25) is 0 Å². The van der Waals surface area contributed by atoms with Gasteiger partial charge in [-0.05, 0) is 23.3 Å². The molecule has 0 fully saturated rings. The molecule has 0 aliphatic carbocycles. The number of carbonyl (C=O) groups is 1. The first-order valence-electron chi connectivity index (χ1n) is 9.97. The predicted octanol–water partition coefficient (Wildman–Crippen LogP) is 4.70. The van der Waals surface area contributed by atoms with E-state index in [2.05, 4.69) is 0 Å². The van der Waals surface area contributed by atoms with Crippen LogP contribution >= 0.6 is 0 Å². The number of hydrogen-bond acceptors (Lipinski definition) is 5. The zero-order chi connectivity index (χ0) is 21.8. The molecule has 1 amide bonds. The Kier molecular flexibility index (Phi) is 5.89. The summed E-state index contributed by atoms with van der Waals surface area (Å²) in [6.45, 7) is 0. The number of nitrogens with zero attached hydrogens (tertiary/aromatic N) is 2. The fraction of sp³-hybridized carbons (Fsp3) is 0.200. The Morgan fingerprint density at radius 1 is 0.871 bits per heavy atom. The van der Waals surface area contributed by atoms with E-state index in [1.165, 1.54) is 21.3 Å². The molecule has 3 aromatic rings. The van der Waals surface area contributed by atoms with Crippen molar-refractivity contribution in [3.05, 3.63) is 89.5 Å². The van der Waals surface area contributed by atoms with Crippen LogP contribution in [-0.2, 0) is 0 Å². The molecule has 1 aliphatic heterocycles. The number of amides is 1. The minimum absolute atomic E-state index is 0.206. The van der Waals surface area contributed by atoms with Gasteiger partial charge >= 0.3 is 0 Å². The number of methoxy groups -OCH3 is 3. The predicted molar refractivity (Wildman–Crippen MR) is 119 cm³/mol. The summed E-state index contributed by atoms with van der Waals surface area (Å²) in [6.07, 6.45) is 0.629. The molecule has 0 bridgehead atoms. The van der Waals surface area contributed by atoms with Crippen molar-refractivity contribution in [2.45, 2.75) is 12.5 Å². The van der Waals surface area contributed by atoms with Gasteiger partial charge in [-0.1, -0.05) is 60.7 Å². The third-order valence-corrected chi connectivity index (χ3v) is 5.32. The van der Waals surface area contributed by atoms with E-state index in [9.17, 15) is 4.79 Å². The molecule has 0 saturated heterocycles. The summed E-state index contributed by atoms with van der Waals surface area (Å²) in [5.74, 6) is 1.05. The topological polar surface area (TPSA) is 60.4 Å². The Labute approximate surface area is 181 Å². The number of hydrazone groups is 1. The first-order valence-corrected chi connectivity index (χ1v) is 9.97. The van der Waals surface area contributed by atoms with Gasteiger partial charge in [0.15, 0.2) is 11.5 Å². The second kappa shape index (κ2) is 8.92. The van der Waals surface area contributed by atoms with Crippen LogP contribution in [-0.4, -0.2) is 38.0 Å². The van der Waals surface area contributed by atoms with Gasteiger partial charge in [0.05, 0.1) is 33.1 Å². The third-order valence-electron chi connectivity index (χ3n) is 5.32. The van der Waals surface area contributed by atoms with E-state index in [1.54, 1.807) is 17.1 Å². The van der Waals surface area contributed by atoms with E-state index in [4.69, 9.17) is 19.3 Å². The SMILES string of the molecule is COc1cc(C(=O)N2N=C(c3ccccc3)CC2c2ccccc2)cc(OC)c1OC. The second-order valence-corrected chi connectivity index (χ2v) is 7.11. The lowest BCUT2D eigenvalue weighted by molar-refractivity contribution is 0.0710. The summed E-state index contributed by atoms with van der Waals surface area (Å²) in [5, 5.41) is 6.29. The molecule has 3 aromatic carbocycles. The van der Waals surface area contributed by atoms with Gasteiger partial charge in [-0.15, -0.1) is 0 Å². The molecule has 0 radical (unpaired) electrons. The summed E-state index contributed by atoms with van der Waals surface area (Å²) in [6, 6.07) is 23.0. The standard InChI is InChI=1S/C25H24N2O4/c1-29-22-14-19(15-23(30-2)24(22)31-3)25(28)27-21(18-12-8-5-9-13-18)16-20(26-27)17-10-6-4-7-11-17/h4-15,21H,16H2,1-3H3. The summed E-state index contributed by atoms with van der Waals surface area (Å²) in [7, 11) is 4.59. The summed E-state index contributed by atoms with van der Waals surface area (Å²) < 4.78 is 16.2. The van der Waals surface area contributed by atoms with Gasteiger partial charge in [-0.3, -0.25) is 4.79 Å². The van der Waals surface area contributed by atoms with E-state index in [1.807, 2.05) is 60.7 Å². The molecular weight excluding hydrogens is 392 g/mol. The molecule has 4 rings (SSSR count). The van der Waals surface area contributed by atoms with E-state index in [0.29, 0.717) is 29.2 Å². The fourth-order valence-electron chi connectivity index (χ4n) is 3.77. The lowest BCUT2D eigenvalue weighted by Crippen LogP contribution is -2.27. The summed E-state index contributed by atoms with van der Waals surface area (Å²) in [4.78, 5) is 13.6. The molecule has 0 spiro atoms. The molecule has 0 N–H and O–H groups in total. The van der Waals surface area contributed by atoms with Gasteiger partial charge < -0.3 is 14.2 Å². The van der Waals surface area contributed by atoms with Gasteiger partial charge in [-0.2, -0.15) is 5.10 Å². The summed E-state index contributed by atoms with van der Waals surface area (Å²) >= 11 is 0. The minimum atomic E-state index is -0.237. The number of rotatable bonds is 6. The van der Waals surface area contributed by atoms with Crippen molar-refractivity contribution in [1.82, 2.24) is 5.01 Å². The second-order valence-electron chi connectivity index (χ2n) is 7.11. The van der Waals surface area contributed by atoms with E-state index >= 15 is 0 Å². The molecule has 1 atom stereocenters. The van der Waals surface area contributed by atoms with Crippen molar-refractivity contribution in [3.63, 3.8) is 0 Å². The van der Waals surface area contributed by atoms with Crippen LogP contribution in [0.1, 0.15) is 33.9 Å². The normalized spacial score (nSPS) is 15.4. The van der Waals surface area contributed by atoms with Crippen molar-refractivity contribution < 1.29 is 19.0 Å². The van der Waals surface area contributed by atoms with Crippen LogP contribution < -0.4 is 14.2 Å². The highest BCUT2D eigenvalue weighted by Gasteiger charge is 2.34. The van der Waals surface area contributed by atoms with Gasteiger partial charge in [0.25, 0.3) is 5.91 Å². The highest BCUT2D eigenvalue weighted by atomic mass is 16.5. The lowest BCUT2D eigenvalue weighted by atomic mass is 9.98. The highest BCUT2D eigenvalue weighted by Crippen LogP contribution is 2.40. The van der Waals surface area contributed by atoms with Crippen LogP contribution in [0.4, 0.5) is 0 Å². The molecule has 1 aliphatic rings. The third kappa shape index (κ3) is 3.97. The molecule has 0 saturated carbocycles. The fourth-order valence-corrected chi connectivity index (χ4v) is 3.77. The first kappa shape index (κ1) is 20.5. The number of carbonyl (C=O) groups excluding carboxylic acids is 1. The largest absolute Gasteiger partial charge is 0.493 e. The zero-order valence-corrected chi connectivity index (χ0v) is 17.7. The number of benzene rings is 3. The zero-order valence-electron chi connectivity index (χ0n) is 17.7. The van der Waals surface area contributed by atoms with Crippen molar-refractivity contribution in [2.24, 2.45) is 5.10 Å². The van der Waals surface area contributed by atoms with E-state index < -0.39 is 0 Å². The average Bonchev–Trinajstić information content (AvgIpc) is 3.29. The maximum Gasteiger partial charge on any atom is 0.274 e. The van der Waals surface area contributed by atoms with Gasteiger partial charge in [0.2, 0.25) is 5.75 Å². The number of ether oxygens (including phenoxy) is 3. The first-order chi connectivity index (χ1) is 15.2. The maximum atomic E-state index is 13.6. The molecule has 6 heteroatoms. The van der Waals surface area contributed by atoms with Crippen molar-refractivity contribution in [1.29, 1.82) is 0 Å². The number of hydrogen-bond donors (Lipinski definition) is 0. The molecule has 31 heavy (non-hydrogen) atoms. The van der Waals surface area contributed by atoms with Crippen LogP contribution in [0.15, 0.2) is 77.9 Å². The molecule has 1 heterocycles. The Balaban J connectivity index is 1.77. The summed E-state index contributed by atoms with van der Waals surface area (Å²) in [5.41, 5.74) is 3.31. The Hall–Kier alpha value is -3.80. The average molecular weight is 416 g/mol. The van der Waals surface area contributed by atoms with Crippen LogP contribution in [0.25, 0.3) is 0 Å². The van der Waals surface area contributed by atoms with Crippen molar-refractivity contribution in [3.8, 4) is 17.2 Å². The van der Waals surface area contributed by atoms with Gasteiger partial charge in [-0.25, -0.2) is 5.01 Å². The van der Waals surface area contributed by atoms with Crippen molar-refractivity contribution >= 4 is 11.6 Å². The van der Waals surface area contributed by atoms with Gasteiger partial charge in [0, 0.05) is 12.0 Å². The molecule has 0 aromatic heterocycles. The molecular formula is C25H24N2O4. The lowest BCUT2D eigenvalue weighted by Gasteiger charge is -2.23. The Morgan fingerprint density at radius 3 is 2.00 bits per heavy atom. The quantitative estimate of drug-likeness (QED) is 0.584. The maximum absolute atomic E-state index is 13.6. The van der Waals surface area contributed by atoms with Gasteiger partial charge in [0.1, 0.15) is 0 Å². The van der Waals surface area contributed by atoms with E-state index in [0.717, 1.165) is 16.8 Å². The highest BCUT2D eigenvalue weighted by molar-refractivity contribution is 6.05. The Morgan fingerprint density at radius 2 is 1.45 bits per heavy atom. The van der Waals surface area contributed by atoms with Crippen LogP contribution in [0.3, 0.4) is 0 Å². The monoisotopic (exact) mass is 416 g/mol. The molecule has 158 valence electrons.